The molecule has 51 heavy (non-hydrogen) atoms. The quantitative estimate of drug-likeness (QED) is 0.0563. The van der Waals surface area contributed by atoms with Crippen molar-refractivity contribution in [2.24, 2.45) is 0 Å². The van der Waals surface area contributed by atoms with E-state index in [2.05, 4.69) is 18.5 Å². The van der Waals surface area contributed by atoms with Gasteiger partial charge in [-0.15, -0.1) is 23.5 Å². The Morgan fingerprint density at radius 2 is 1.18 bits per heavy atom. The van der Waals surface area contributed by atoms with Crippen LogP contribution in [0.5, 0.6) is 28.7 Å². The second-order valence-electron chi connectivity index (χ2n) is 10.4. The van der Waals surface area contributed by atoms with Crippen molar-refractivity contribution in [2.45, 2.75) is 28.2 Å². The summed E-state index contributed by atoms with van der Waals surface area (Å²) in [6.45, 7) is 6.70. The molecule has 0 fully saturated rings. The molecule has 3 aromatic carbocycles. The van der Waals surface area contributed by atoms with Gasteiger partial charge in [-0.25, -0.2) is 14.4 Å². The number of nitrogens with one attached hydrogen (secondary N) is 1. The number of hydrogen-bond donors (Lipinski definition) is 1. The van der Waals surface area contributed by atoms with Crippen LogP contribution in [-0.4, -0.2) is 76.9 Å². The smallest absolute Gasteiger partial charge is 0.408 e. The maximum Gasteiger partial charge on any atom is 0.408 e. The number of amides is 1. The SMILES string of the molecule is C=CCOC(=O)N[C@H](C(=O)OCC=C)C(SCc1ccc(OC)cc1OC)(SCc1ccc(OC)cc1OC)C(=O)OCc1ccc(OC)cc1. The van der Waals surface area contributed by atoms with E-state index in [0.29, 0.717) is 45.4 Å². The first-order valence-electron chi connectivity index (χ1n) is 15.5. The summed E-state index contributed by atoms with van der Waals surface area (Å²) in [6.07, 6.45) is 1.77. The second-order valence-corrected chi connectivity index (χ2v) is 13.1. The largest absolute Gasteiger partial charge is 0.497 e. The minimum atomic E-state index is -1.90. The van der Waals surface area contributed by atoms with Gasteiger partial charge < -0.3 is 43.2 Å². The van der Waals surface area contributed by atoms with E-state index < -0.39 is 28.2 Å². The van der Waals surface area contributed by atoms with Gasteiger partial charge in [-0.3, -0.25) is 0 Å². The van der Waals surface area contributed by atoms with E-state index in [1.54, 1.807) is 67.8 Å². The summed E-state index contributed by atoms with van der Waals surface area (Å²) >= 11 is 2.11. The van der Waals surface area contributed by atoms with Gasteiger partial charge in [0, 0.05) is 34.8 Å². The molecule has 0 heterocycles. The Bertz CT molecular complexity index is 1570. The number of thioether (sulfide) groups is 2. The molecule has 0 spiro atoms. The van der Waals surface area contributed by atoms with Crippen LogP contribution in [0.1, 0.15) is 16.7 Å². The van der Waals surface area contributed by atoms with Crippen molar-refractivity contribution in [3.05, 3.63) is 103 Å². The van der Waals surface area contributed by atoms with E-state index >= 15 is 0 Å². The van der Waals surface area contributed by atoms with Crippen LogP contribution in [0.15, 0.2) is 86.0 Å². The van der Waals surface area contributed by atoms with Gasteiger partial charge in [0.1, 0.15) is 48.6 Å². The number of rotatable bonds is 21. The molecule has 274 valence electrons. The van der Waals surface area contributed by atoms with Gasteiger partial charge in [-0.1, -0.05) is 49.6 Å². The van der Waals surface area contributed by atoms with Crippen molar-refractivity contribution in [2.75, 3.05) is 48.8 Å². The Labute approximate surface area is 306 Å². The molecule has 0 saturated heterocycles. The minimum absolute atomic E-state index is 0.117. The highest BCUT2D eigenvalue weighted by atomic mass is 32.2. The lowest BCUT2D eigenvalue weighted by Crippen LogP contribution is -2.58. The van der Waals surface area contributed by atoms with Gasteiger partial charge in [0.15, 0.2) is 10.1 Å². The molecule has 0 radical (unpaired) electrons. The molecule has 14 heteroatoms. The summed E-state index contributed by atoms with van der Waals surface area (Å²) in [4.78, 5) is 41.8. The molecule has 0 aromatic heterocycles. The highest BCUT2D eigenvalue weighted by Crippen LogP contribution is 2.47. The third kappa shape index (κ3) is 11.3. The second kappa shape index (κ2) is 20.7. The van der Waals surface area contributed by atoms with E-state index in [9.17, 15) is 14.4 Å². The highest BCUT2D eigenvalue weighted by Gasteiger charge is 2.54. The average molecular weight is 742 g/mol. The third-order valence-electron chi connectivity index (χ3n) is 7.24. The van der Waals surface area contributed by atoms with Crippen LogP contribution in [0.3, 0.4) is 0 Å². The number of carbonyl (C=O) groups is 3. The number of esters is 2. The molecule has 3 aromatic rings. The zero-order valence-corrected chi connectivity index (χ0v) is 30.9. The molecular weight excluding hydrogens is 699 g/mol. The summed E-state index contributed by atoms with van der Waals surface area (Å²) in [5.74, 6) is 1.20. The molecule has 0 bridgehead atoms. The number of ether oxygens (including phenoxy) is 8. The number of alkyl carbamates (subject to hydrolysis) is 1. The van der Waals surface area contributed by atoms with Crippen molar-refractivity contribution in [1.82, 2.24) is 5.32 Å². The maximum absolute atomic E-state index is 14.7. The van der Waals surface area contributed by atoms with Gasteiger partial charge in [0.05, 0.1) is 35.5 Å². The van der Waals surface area contributed by atoms with Crippen LogP contribution in [-0.2, 0) is 41.9 Å². The predicted molar refractivity (Wildman–Crippen MR) is 197 cm³/mol. The maximum atomic E-state index is 14.7. The number of hydrogen-bond acceptors (Lipinski definition) is 13. The highest BCUT2D eigenvalue weighted by molar-refractivity contribution is 8.18. The Morgan fingerprint density at radius 3 is 1.65 bits per heavy atom. The summed E-state index contributed by atoms with van der Waals surface area (Å²) < 4.78 is 42.0. The molecule has 0 saturated carbocycles. The van der Waals surface area contributed by atoms with E-state index in [1.165, 1.54) is 40.6 Å². The summed E-state index contributed by atoms with van der Waals surface area (Å²) in [5, 5.41) is 2.58. The van der Waals surface area contributed by atoms with Gasteiger partial charge in [0.2, 0.25) is 0 Å². The standard InChI is InChI=1S/C37H43NO11S2/c1-8-18-47-34(39)33(38-36(41)48-19-9-2)37(35(40)49-22-25-10-14-28(42-3)15-11-25,50-23-26-12-16-29(43-4)20-31(26)45-6)51-24-27-13-17-30(44-5)21-32(27)46-7/h8-17,20-21,33H,1-2,18-19,22-24H2,3-7H3,(H,38,41)/t33-/m1/s1. The number of benzene rings is 3. The van der Waals surface area contributed by atoms with Crippen molar-refractivity contribution in [1.29, 1.82) is 0 Å². The zero-order valence-electron chi connectivity index (χ0n) is 29.3. The first-order valence-corrected chi connectivity index (χ1v) is 17.5. The van der Waals surface area contributed by atoms with Crippen molar-refractivity contribution >= 4 is 41.6 Å². The van der Waals surface area contributed by atoms with Crippen molar-refractivity contribution in [3.8, 4) is 28.7 Å². The summed E-state index contributed by atoms with van der Waals surface area (Å²) in [7, 11) is 7.64. The molecule has 0 aliphatic carbocycles. The topological polar surface area (TPSA) is 137 Å². The average Bonchev–Trinajstić information content (AvgIpc) is 3.17. The Kier molecular flexibility index (Phi) is 16.4. The van der Waals surface area contributed by atoms with E-state index in [0.717, 1.165) is 23.5 Å². The lowest BCUT2D eigenvalue weighted by atomic mass is 10.2. The Morgan fingerprint density at radius 1 is 0.686 bits per heavy atom. The van der Waals surface area contributed by atoms with Crippen LogP contribution >= 0.6 is 23.5 Å². The van der Waals surface area contributed by atoms with Crippen LogP contribution in [0.4, 0.5) is 4.79 Å². The van der Waals surface area contributed by atoms with Gasteiger partial charge in [0.25, 0.3) is 0 Å². The Balaban J connectivity index is 2.20. The third-order valence-corrected chi connectivity index (χ3v) is 10.5. The zero-order chi connectivity index (χ0) is 37.2. The van der Waals surface area contributed by atoms with E-state index in [-0.39, 0.29) is 31.3 Å². The number of carbonyl (C=O) groups excluding carboxylic acids is 3. The molecular formula is C37H43NO11S2. The van der Waals surface area contributed by atoms with Crippen LogP contribution in [0, 0.1) is 0 Å². The molecule has 1 amide bonds. The van der Waals surface area contributed by atoms with Crippen LogP contribution < -0.4 is 29.0 Å². The first-order chi connectivity index (χ1) is 24.7. The molecule has 0 aliphatic rings. The lowest BCUT2D eigenvalue weighted by Gasteiger charge is -2.36. The Hall–Kier alpha value is -4.95. The molecule has 12 nitrogen and oxygen atoms in total. The fourth-order valence-corrected chi connectivity index (χ4v) is 7.46. The first kappa shape index (κ1) is 40.5. The fourth-order valence-electron chi connectivity index (χ4n) is 4.56. The van der Waals surface area contributed by atoms with E-state index in [4.69, 9.17) is 37.9 Å². The minimum Gasteiger partial charge on any atom is -0.497 e. The fraction of sp³-hybridized carbons (Fsp3) is 0.324. The number of methoxy groups -OCH3 is 5. The van der Waals surface area contributed by atoms with Crippen molar-refractivity contribution < 1.29 is 52.3 Å². The molecule has 0 aliphatic heterocycles. The van der Waals surface area contributed by atoms with Gasteiger partial charge in [-0.05, 0) is 29.8 Å². The van der Waals surface area contributed by atoms with Crippen LogP contribution in [0.2, 0.25) is 0 Å². The van der Waals surface area contributed by atoms with Gasteiger partial charge >= 0.3 is 18.0 Å². The summed E-state index contributed by atoms with van der Waals surface area (Å²) in [5.41, 5.74) is 2.00. The molecule has 1 N–H and O–H groups in total. The predicted octanol–water partition coefficient (Wildman–Crippen LogP) is 6.35. The molecule has 1 atom stereocenters. The summed E-state index contributed by atoms with van der Waals surface area (Å²) in [6, 6.07) is 15.8. The normalized spacial score (nSPS) is 11.3. The van der Waals surface area contributed by atoms with Gasteiger partial charge in [-0.2, -0.15) is 0 Å². The monoisotopic (exact) mass is 741 g/mol. The van der Waals surface area contributed by atoms with Crippen LogP contribution in [0.25, 0.3) is 0 Å². The lowest BCUT2D eigenvalue weighted by molar-refractivity contribution is -0.153. The van der Waals surface area contributed by atoms with Crippen molar-refractivity contribution in [3.63, 3.8) is 0 Å². The van der Waals surface area contributed by atoms with E-state index in [1.807, 2.05) is 0 Å². The molecule has 0 unspecified atom stereocenters. The molecule has 3 rings (SSSR count).